The Balaban J connectivity index is 1.64. The molecule has 0 aliphatic heterocycles. The quantitative estimate of drug-likeness (QED) is 0.0192. The molecule has 64 heavy (non-hydrogen) atoms. The third kappa shape index (κ3) is 19.3. The normalized spacial score (nSPS) is 13.4. The predicted molar refractivity (Wildman–Crippen MR) is 236 cm³/mol. The number of rotatable bonds is 31. The topological polar surface area (TPSA) is 317 Å². The van der Waals surface area contributed by atoms with Crippen molar-refractivity contribution in [3.05, 3.63) is 66.0 Å². The van der Waals surface area contributed by atoms with Crippen molar-refractivity contribution in [2.45, 2.75) is 128 Å². The SMILES string of the molecule is CC[C@H](C)[C@H](NC(=O)[C@H](CCCN=C(N)N)NC(=O)[C@H](CCCCN)NC(=O)[C@H](Cc1ccc(O)cc1)NC(=O)CCCCn1cc(CCCCOc2cccnc2[18F])nn1)C(=O)O. The minimum atomic E-state index is -1.22. The number of carbonyl (C=O) groups excluding carboxylic acids is 4. The number of hydrogen-bond acceptors (Lipinski definition) is 12. The molecule has 0 fully saturated rings. The van der Waals surface area contributed by atoms with E-state index in [9.17, 15) is 38.6 Å². The lowest BCUT2D eigenvalue weighted by Crippen LogP contribution is -2.58. The molecule has 5 atom stereocenters. The summed E-state index contributed by atoms with van der Waals surface area (Å²) in [6.07, 6.45) is 8.36. The summed E-state index contributed by atoms with van der Waals surface area (Å²) in [6.45, 7) is 4.79. The van der Waals surface area contributed by atoms with Gasteiger partial charge in [-0.25, -0.2) is 9.78 Å². The average molecular weight is 896 g/mol. The van der Waals surface area contributed by atoms with Gasteiger partial charge in [-0.15, -0.1) is 5.10 Å². The largest absolute Gasteiger partial charge is 0.508 e. The molecule has 2 aromatic heterocycles. The molecule has 12 N–H and O–H groups in total. The Morgan fingerprint density at radius 2 is 1.56 bits per heavy atom. The van der Waals surface area contributed by atoms with Gasteiger partial charge in [-0.2, -0.15) is 4.39 Å². The molecule has 21 heteroatoms. The maximum absolute atomic E-state index is 14.0. The van der Waals surface area contributed by atoms with Gasteiger partial charge in [0.15, 0.2) is 11.7 Å². The van der Waals surface area contributed by atoms with Crippen LogP contribution in [0.3, 0.4) is 0 Å². The molecule has 1 aromatic carbocycles. The van der Waals surface area contributed by atoms with Crippen LogP contribution in [-0.2, 0) is 43.4 Å². The standard InChI is InChI=1S/C43H65FN12O8/c1-3-28(2)37(42(62)63)53-40(60)33(14-10-23-49-43(46)47)51-39(59)32(13-4-7-21-45)52-41(61)34(26-29-17-19-31(57)20-18-29)50-36(58)16-5-8-24-56-27-30(54-55-56)12-6-9-25-64-35-15-11-22-48-38(35)44/h11,15,17-20,22,27-28,32-34,37,57H,3-10,12-14,16,21,23-26,45H2,1-2H3,(H,50,58)(H,51,59)(H,52,61)(H,53,60)(H,62,63)(H4,46,47,49)/t28-,32-,33-,34-,37-/m0/s1/i44-1. The van der Waals surface area contributed by atoms with Crippen LogP contribution in [0.15, 0.2) is 53.8 Å². The predicted octanol–water partition coefficient (Wildman–Crippen LogP) is 1.59. The number of unbranched alkanes of at least 4 members (excludes halogenated alkanes) is 3. The number of aromatic hydroxyl groups is 1. The van der Waals surface area contributed by atoms with E-state index in [4.69, 9.17) is 21.9 Å². The molecular formula is C43H65FN12O8. The molecule has 2 heterocycles. The summed E-state index contributed by atoms with van der Waals surface area (Å²) in [6, 6.07) is 4.58. The van der Waals surface area contributed by atoms with E-state index in [0.29, 0.717) is 70.2 Å². The van der Waals surface area contributed by atoms with Crippen LogP contribution in [0.4, 0.5) is 4.39 Å². The van der Waals surface area contributed by atoms with Crippen molar-refractivity contribution in [1.29, 1.82) is 0 Å². The van der Waals surface area contributed by atoms with E-state index >= 15 is 0 Å². The number of halogens is 1. The second-order valence-electron chi connectivity index (χ2n) is 15.6. The maximum Gasteiger partial charge on any atom is 0.326 e. The molecule has 20 nitrogen and oxygen atoms in total. The summed E-state index contributed by atoms with van der Waals surface area (Å²) in [4.78, 5) is 74.3. The molecule has 0 spiro atoms. The number of hydrogen-bond donors (Lipinski definition) is 9. The molecule has 0 saturated heterocycles. The van der Waals surface area contributed by atoms with Crippen molar-refractivity contribution < 1.29 is 43.3 Å². The Hall–Kier alpha value is -6.38. The summed E-state index contributed by atoms with van der Waals surface area (Å²) in [5.41, 5.74) is 18.1. The fraction of sp³-hybridized carbons (Fsp3) is 0.558. The van der Waals surface area contributed by atoms with Gasteiger partial charge in [-0.3, -0.25) is 28.9 Å². The van der Waals surface area contributed by atoms with Gasteiger partial charge >= 0.3 is 5.97 Å². The molecule has 0 saturated carbocycles. The van der Waals surface area contributed by atoms with Crippen molar-refractivity contribution >= 4 is 35.6 Å². The summed E-state index contributed by atoms with van der Waals surface area (Å²) in [5.74, 6) is -4.78. The van der Waals surface area contributed by atoms with Crippen molar-refractivity contribution in [2.75, 3.05) is 19.7 Å². The number of nitrogens with two attached hydrogens (primary N) is 3. The number of phenols is 1. The third-order valence-electron chi connectivity index (χ3n) is 10.4. The lowest BCUT2D eigenvalue weighted by Gasteiger charge is -2.27. The number of guanidine groups is 1. The van der Waals surface area contributed by atoms with Crippen LogP contribution < -0.4 is 43.2 Å². The number of carbonyl (C=O) groups is 5. The molecule has 3 rings (SSSR count). The fourth-order valence-electron chi connectivity index (χ4n) is 6.55. The van der Waals surface area contributed by atoms with E-state index in [-0.39, 0.29) is 56.1 Å². The Bertz CT molecular complexity index is 1950. The van der Waals surface area contributed by atoms with Gasteiger partial charge in [0.25, 0.3) is 5.95 Å². The van der Waals surface area contributed by atoms with Crippen molar-refractivity contribution in [2.24, 2.45) is 28.1 Å². The van der Waals surface area contributed by atoms with Gasteiger partial charge in [0.05, 0.1) is 12.3 Å². The Morgan fingerprint density at radius 1 is 0.875 bits per heavy atom. The van der Waals surface area contributed by atoms with Crippen LogP contribution in [0.5, 0.6) is 11.5 Å². The average Bonchev–Trinajstić information content (AvgIpc) is 3.72. The van der Waals surface area contributed by atoms with E-state index in [0.717, 1.165) is 12.1 Å². The third-order valence-corrected chi connectivity index (χ3v) is 10.4. The van der Waals surface area contributed by atoms with Crippen LogP contribution in [0, 0.1) is 11.9 Å². The number of carboxylic acids is 1. The van der Waals surface area contributed by atoms with Crippen molar-refractivity contribution in [3.63, 3.8) is 0 Å². The molecule has 0 aliphatic carbocycles. The van der Waals surface area contributed by atoms with E-state index in [2.05, 4.69) is 41.6 Å². The van der Waals surface area contributed by atoms with E-state index in [1.54, 1.807) is 36.7 Å². The monoisotopic (exact) mass is 896 g/mol. The number of ether oxygens (including phenoxy) is 1. The van der Waals surface area contributed by atoms with Gasteiger partial charge in [0, 0.05) is 38.3 Å². The number of pyridine rings is 1. The van der Waals surface area contributed by atoms with E-state index in [1.165, 1.54) is 24.4 Å². The summed E-state index contributed by atoms with van der Waals surface area (Å²) >= 11 is 0. The van der Waals surface area contributed by atoms with Crippen LogP contribution in [0.2, 0.25) is 0 Å². The fourth-order valence-corrected chi connectivity index (χ4v) is 6.55. The van der Waals surface area contributed by atoms with Crippen molar-refractivity contribution in [1.82, 2.24) is 41.2 Å². The van der Waals surface area contributed by atoms with Crippen LogP contribution >= 0.6 is 0 Å². The minimum Gasteiger partial charge on any atom is -0.508 e. The molecule has 0 aliphatic rings. The number of amides is 4. The second kappa shape index (κ2) is 28.3. The van der Waals surface area contributed by atoms with Crippen LogP contribution in [-0.4, -0.2) is 110 Å². The van der Waals surface area contributed by atoms with Crippen molar-refractivity contribution in [3.8, 4) is 11.5 Å². The number of aliphatic carboxylic acids is 1. The Morgan fingerprint density at radius 3 is 2.22 bits per heavy atom. The van der Waals surface area contributed by atoms with Crippen LogP contribution in [0.1, 0.15) is 95.7 Å². The number of nitrogens with one attached hydrogen (secondary N) is 4. The first-order chi connectivity index (χ1) is 30.7. The number of aromatic nitrogens is 4. The Kier molecular flexibility index (Phi) is 23.0. The van der Waals surface area contributed by atoms with Gasteiger partial charge in [-0.05, 0) is 106 Å². The summed E-state index contributed by atoms with van der Waals surface area (Å²) in [5, 5.41) is 38.9. The number of carboxylic acid groups (broad SMARTS) is 1. The lowest BCUT2D eigenvalue weighted by atomic mass is 9.98. The first kappa shape index (κ1) is 52.0. The zero-order chi connectivity index (χ0) is 46.9. The van der Waals surface area contributed by atoms with Gasteiger partial charge in [0.1, 0.15) is 29.9 Å². The molecule has 0 bridgehead atoms. The zero-order valence-electron chi connectivity index (χ0n) is 36.7. The number of aryl methyl sites for hydroxylation is 2. The van der Waals surface area contributed by atoms with E-state index < -0.39 is 65.6 Å². The minimum absolute atomic E-state index is 0.0184. The molecular weight excluding hydrogens is 831 g/mol. The highest BCUT2D eigenvalue weighted by Gasteiger charge is 2.32. The highest BCUT2D eigenvalue weighted by molar-refractivity contribution is 5.95. The zero-order valence-corrected chi connectivity index (χ0v) is 36.7. The molecule has 352 valence electrons. The first-order valence-corrected chi connectivity index (χ1v) is 21.8. The highest BCUT2D eigenvalue weighted by atomic mass is 18.2. The number of aliphatic imine (C=N–C) groups is 1. The molecule has 0 unspecified atom stereocenters. The van der Waals surface area contributed by atoms with Gasteiger partial charge in [0.2, 0.25) is 23.6 Å². The Labute approximate surface area is 372 Å². The summed E-state index contributed by atoms with van der Waals surface area (Å²) in [7, 11) is 0. The maximum atomic E-state index is 14.0. The van der Waals surface area contributed by atoms with E-state index in [1.807, 2.05) is 6.20 Å². The number of phenolic OH excluding ortho intramolecular Hbond substituents is 1. The van der Waals surface area contributed by atoms with Gasteiger partial charge < -0.3 is 53.4 Å². The summed E-state index contributed by atoms with van der Waals surface area (Å²) < 4.78 is 20.8. The molecule has 3 aromatic rings. The second-order valence-corrected chi connectivity index (χ2v) is 15.6. The molecule has 4 amide bonds. The number of benzene rings is 1. The molecule has 0 radical (unpaired) electrons. The van der Waals surface area contributed by atoms with Gasteiger partial charge in [-0.1, -0.05) is 37.6 Å². The van der Waals surface area contributed by atoms with Crippen LogP contribution in [0.25, 0.3) is 0 Å². The lowest BCUT2D eigenvalue weighted by molar-refractivity contribution is -0.144. The smallest absolute Gasteiger partial charge is 0.326 e. The highest BCUT2D eigenvalue weighted by Crippen LogP contribution is 2.15. The first-order valence-electron chi connectivity index (χ1n) is 21.8. The number of nitrogens with zero attached hydrogens (tertiary/aromatic N) is 5.